The molecule has 7 rings (SSSR count). The van der Waals surface area contributed by atoms with Gasteiger partial charge in [0.1, 0.15) is 24.3 Å². The molecule has 0 fully saturated rings. The Hall–Kier alpha value is -5.23. The minimum absolute atomic E-state index is 0.270. The monoisotopic (exact) mass is 535 g/mol. The van der Waals surface area contributed by atoms with Gasteiger partial charge in [-0.05, 0) is 41.7 Å². The van der Waals surface area contributed by atoms with E-state index in [0.29, 0.717) is 12.4 Å². The van der Waals surface area contributed by atoms with Crippen molar-refractivity contribution < 1.29 is 4.74 Å². The molecule has 0 spiro atoms. The van der Waals surface area contributed by atoms with Crippen LogP contribution < -0.4 is 4.74 Å². The second-order valence-electron chi connectivity index (χ2n) is 10.3. The van der Waals surface area contributed by atoms with E-state index in [1.807, 2.05) is 24.3 Å². The molecule has 4 aromatic carbocycles. The summed E-state index contributed by atoms with van der Waals surface area (Å²) in [5.74, 6) is 1.48. The Balaban J connectivity index is 1.46. The predicted octanol–water partition coefficient (Wildman–Crippen LogP) is 7.66. The van der Waals surface area contributed by atoms with Crippen LogP contribution in [0, 0.1) is 13.8 Å². The second-order valence-corrected chi connectivity index (χ2v) is 10.3. The number of ether oxygens (including phenoxy) is 1. The van der Waals surface area contributed by atoms with E-state index in [2.05, 4.69) is 103 Å². The zero-order valence-corrected chi connectivity index (χ0v) is 23.0. The number of nitrogens with zero attached hydrogens (tertiary/aromatic N) is 5. The van der Waals surface area contributed by atoms with Crippen molar-refractivity contribution in [3.8, 4) is 28.1 Å². The highest BCUT2D eigenvalue weighted by Crippen LogP contribution is 2.42. The van der Waals surface area contributed by atoms with E-state index in [0.717, 1.165) is 55.9 Å². The molecule has 6 heteroatoms. The molecule has 6 nitrogen and oxygen atoms in total. The lowest BCUT2D eigenvalue weighted by Gasteiger charge is -2.13. The summed E-state index contributed by atoms with van der Waals surface area (Å²) in [6.07, 6.45) is 1.76. The first kappa shape index (κ1) is 24.8. The van der Waals surface area contributed by atoms with E-state index in [1.165, 1.54) is 5.56 Å². The normalized spacial score (nSPS) is 11.4. The molecule has 0 aliphatic rings. The molecule has 0 aliphatic carbocycles. The Morgan fingerprint density at radius 3 is 2.00 bits per heavy atom. The van der Waals surface area contributed by atoms with Crippen LogP contribution in [0.25, 0.3) is 39.1 Å². The molecule has 200 valence electrons. The van der Waals surface area contributed by atoms with E-state index in [4.69, 9.17) is 19.8 Å². The Kier molecular flexibility index (Phi) is 6.28. The van der Waals surface area contributed by atoms with E-state index >= 15 is 0 Å². The molecule has 0 amide bonds. The number of hydrogen-bond acceptors (Lipinski definition) is 4. The smallest absolute Gasteiger partial charge is 0.189 e. The number of hydrogen-bond donors (Lipinski definition) is 0. The van der Waals surface area contributed by atoms with Gasteiger partial charge in [-0.1, -0.05) is 109 Å². The van der Waals surface area contributed by atoms with E-state index < -0.39 is 0 Å². The van der Waals surface area contributed by atoms with Crippen molar-refractivity contribution in [1.82, 2.24) is 24.1 Å². The molecule has 0 radical (unpaired) electrons. The third kappa shape index (κ3) is 4.53. The molecule has 3 aromatic heterocycles. The van der Waals surface area contributed by atoms with Gasteiger partial charge in [0.25, 0.3) is 0 Å². The zero-order valence-electron chi connectivity index (χ0n) is 23.0. The molecule has 0 saturated heterocycles. The largest absolute Gasteiger partial charge is 0.485 e. The zero-order chi connectivity index (χ0) is 27.8. The molecule has 0 bridgehead atoms. The third-order valence-electron chi connectivity index (χ3n) is 7.47. The minimum Gasteiger partial charge on any atom is -0.485 e. The van der Waals surface area contributed by atoms with Crippen LogP contribution in [0.2, 0.25) is 0 Å². The topological polar surface area (TPSA) is 57.2 Å². The van der Waals surface area contributed by atoms with Gasteiger partial charge >= 0.3 is 0 Å². The summed E-state index contributed by atoms with van der Waals surface area (Å²) >= 11 is 0. The van der Waals surface area contributed by atoms with Gasteiger partial charge < -0.3 is 9.30 Å². The Bertz CT molecular complexity index is 1960. The van der Waals surface area contributed by atoms with Crippen molar-refractivity contribution in [3.05, 3.63) is 138 Å². The average molecular weight is 536 g/mol. The van der Waals surface area contributed by atoms with Crippen molar-refractivity contribution in [3.63, 3.8) is 0 Å². The van der Waals surface area contributed by atoms with Crippen LogP contribution in [0.1, 0.15) is 22.5 Å². The fourth-order valence-electron chi connectivity index (χ4n) is 5.61. The summed E-state index contributed by atoms with van der Waals surface area (Å²) in [5.41, 5.74) is 9.44. The minimum atomic E-state index is 0.270. The van der Waals surface area contributed by atoms with E-state index in [-0.39, 0.29) is 6.61 Å². The molecular weight excluding hydrogens is 506 g/mol. The Morgan fingerprint density at radius 1 is 0.683 bits per heavy atom. The number of aryl methyl sites for hydroxylation is 2. The maximum atomic E-state index is 6.22. The summed E-state index contributed by atoms with van der Waals surface area (Å²) in [7, 11) is 0. The quantitative estimate of drug-likeness (QED) is 0.210. The number of benzene rings is 4. The molecule has 0 aliphatic heterocycles. The SMILES string of the molecule is Cc1cccc(C)c1OCc1nc2c3c(-c4ccccc4)c(-c4ccccc4)n(Cc4ccccc4)c3ncn2n1. The van der Waals surface area contributed by atoms with Crippen molar-refractivity contribution in [2.75, 3.05) is 0 Å². The van der Waals surface area contributed by atoms with E-state index in [1.54, 1.807) is 10.8 Å². The third-order valence-corrected chi connectivity index (χ3v) is 7.47. The molecule has 41 heavy (non-hydrogen) atoms. The number of rotatable bonds is 7. The Labute approximate surface area is 238 Å². The lowest BCUT2D eigenvalue weighted by atomic mass is 9.99. The van der Waals surface area contributed by atoms with Gasteiger partial charge in [-0.15, -0.1) is 5.10 Å². The van der Waals surface area contributed by atoms with Crippen LogP contribution in [0.5, 0.6) is 5.75 Å². The molecule has 3 heterocycles. The maximum absolute atomic E-state index is 6.22. The first-order valence-corrected chi connectivity index (χ1v) is 13.8. The van der Waals surface area contributed by atoms with Crippen molar-refractivity contribution >= 4 is 16.7 Å². The van der Waals surface area contributed by atoms with E-state index in [9.17, 15) is 0 Å². The van der Waals surface area contributed by atoms with Crippen molar-refractivity contribution in [1.29, 1.82) is 0 Å². The van der Waals surface area contributed by atoms with Crippen LogP contribution in [0.4, 0.5) is 0 Å². The summed E-state index contributed by atoms with van der Waals surface area (Å²) in [6.45, 7) is 5.05. The van der Waals surface area contributed by atoms with Crippen LogP contribution in [-0.4, -0.2) is 24.1 Å². The van der Waals surface area contributed by atoms with Crippen LogP contribution in [0.15, 0.2) is 116 Å². The van der Waals surface area contributed by atoms with Crippen LogP contribution >= 0.6 is 0 Å². The highest BCUT2D eigenvalue weighted by molar-refractivity contribution is 6.09. The van der Waals surface area contributed by atoms with Gasteiger partial charge in [-0.3, -0.25) is 0 Å². The lowest BCUT2D eigenvalue weighted by molar-refractivity contribution is 0.292. The molecular formula is C35H29N5O. The van der Waals surface area contributed by atoms with Gasteiger partial charge in [0.05, 0.1) is 11.1 Å². The van der Waals surface area contributed by atoms with Crippen LogP contribution in [-0.2, 0) is 13.2 Å². The summed E-state index contributed by atoms with van der Waals surface area (Å²) < 4.78 is 10.3. The molecule has 0 N–H and O–H groups in total. The molecule has 7 aromatic rings. The summed E-state index contributed by atoms with van der Waals surface area (Å²) in [6, 6.07) is 37.7. The fourth-order valence-corrected chi connectivity index (χ4v) is 5.61. The predicted molar refractivity (Wildman–Crippen MR) is 163 cm³/mol. The number of aromatic nitrogens is 5. The second kappa shape index (κ2) is 10.4. The van der Waals surface area contributed by atoms with Gasteiger partial charge in [0.15, 0.2) is 11.5 Å². The maximum Gasteiger partial charge on any atom is 0.189 e. The number of para-hydroxylation sites is 1. The lowest BCUT2D eigenvalue weighted by Crippen LogP contribution is -2.03. The van der Waals surface area contributed by atoms with Gasteiger partial charge in [0.2, 0.25) is 0 Å². The Morgan fingerprint density at radius 2 is 1.32 bits per heavy atom. The summed E-state index contributed by atoms with van der Waals surface area (Å²) in [5, 5.41) is 5.75. The van der Waals surface area contributed by atoms with Crippen LogP contribution in [0.3, 0.4) is 0 Å². The van der Waals surface area contributed by atoms with Gasteiger partial charge in [0, 0.05) is 12.1 Å². The van der Waals surface area contributed by atoms with Crippen molar-refractivity contribution in [2.45, 2.75) is 27.0 Å². The van der Waals surface area contributed by atoms with Gasteiger partial charge in [-0.2, -0.15) is 0 Å². The van der Waals surface area contributed by atoms with Gasteiger partial charge in [-0.25, -0.2) is 14.5 Å². The first-order chi connectivity index (χ1) is 20.2. The first-order valence-electron chi connectivity index (χ1n) is 13.8. The highest BCUT2D eigenvalue weighted by atomic mass is 16.5. The highest BCUT2D eigenvalue weighted by Gasteiger charge is 2.25. The molecule has 0 saturated carbocycles. The average Bonchev–Trinajstić information content (AvgIpc) is 3.57. The standard InChI is InChI=1S/C35H29N5O/c1-24-13-12-14-25(2)33(24)41-22-29-37-35-31-30(27-17-8-4-9-18-27)32(28-19-10-5-11-20-28)39(21-26-15-6-3-7-16-26)34(31)36-23-40(35)38-29/h3-20,23H,21-22H2,1-2H3. The fraction of sp³-hybridized carbons (Fsp3) is 0.114. The number of fused-ring (bicyclic) bond motifs is 3. The molecule has 0 unspecified atom stereocenters. The molecule has 0 atom stereocenters. The van der Waals surface area contributed by atoms with Crippen molar-refractivity contribution in [2.24, 2.45) is 0 Å². The summed E-state index contributed by atoms with van der Waals surface area (Å²) in [4.78, 5) is 10.0.